The van der Waals surface area contributed by atoms with Gasteiger partial charge < -0.3 is 10.4 Å². The molecule has 0 radical (unpaired) electrons. The van der Waals surface area contributed by atoms with Gasteiger partial charge in [-0.1, -0.05) is 40.0 Å². The van der Waals surface area contributed by atoms with Crippen LogP contribution >= 0.6 is 0 Å². The summed E-state index contributed by atoms with van der Waals surface area (Å²) in [4.78, 5) is 0. The van der Waals surface area contributed by atoms with Crippen molar-refractivity contribution in [2.24, 2.45) is 0 Å². The fourth-order valence-electron chi connectivity index (χ4n) is 2.07. The van der Waals surface area contributed by atoms with Crippen molar-refractivity contribution in [2.75, 3.05) is 6.61 Å². The highest BCUT2D eigenvalue weighted by atomic mass is 16.3. The molecular weight excluding hydrogens is 186 g/mol. The third-order valence-corrected chi connectivity index (χ3v) is 3.10. The molecule has 0 rings (SSSR count). The number of aliphatic hydroxyl groups excluding tert-OH is 1. The van der Waals surface area contributed by atoms with Gasteiger partial charge >= 0.3 is 0 Å². The van der Waals surface area contributed by atoms with Crippen LogP contribution < -0.4 is 5.32 Å². The number of unbranched alkanes of at least 4 members (excludes halogenated alkanes) is 1. The minimum Gasteiger partial charge on any atom is -0.394 e. The molecule has 2 N–H and O–H groups in total. The van der Waals surface area contributed by atoms with Crippen molar-refractivity contribution >= 4 is 0 Å². The number of hydrogen-bond acceptors (Lipinski definition) is 2. The van der Waals surface area contributed by atoms with Crippen molar-refractivity contribution in [3.05, 3.63) is 0 Å². The van der Waals surface area contributed by atoms with Gasteiger partial charge in [-0.15, -0.1) is 0 Å². The summed E-state index contributed by atoms with van der Waals surface area (Å²) < 4.78 is 0. The first-order valence-corrected chi connectivity index (χ1v) is 6.50. The molecule has 0 bridgehead atoms. The second-order valence-corrected chi connectivity index (χ2v) is 4.86. The summed E-state index contributed by atoms with van der Waals surface area (Å²) in [5.74, 6) is 0. The average molecular weight is 215 g/mol. The summed E-state index contributed by atoms with van der Waals surface area (Å²) in [6, 6.07) is 0.564. The summed E-state index contributed by atoms with van der Waals surface area (Å²) >= 11 is 0. The summed E-state index contributed by atoms with van der Waals surface area (Å²) in [7, 11) is 0. The molecule has 2 atom stereocenters. The van der Waals surface area contributed by atoms with Crippen molar-refractivity contribution in [2.45, 2.75) is 77.8 Å². The van der Waals surface area contributed by atoms with E-state index in [-0.39, 0.29) is 12.1 Å². The highest BCUT2D eigenvalue weighted by Crippen LogP contribution is 2.15. The Labute approximate surface area is 95.5 Å². The van der Waals surface area contributed by atoms with E-state index in [0.717, 1.165) is 19.3 Å². The second-order valence-electron chi connectivity index (χ2n) is 4.86. The van der Waals surface area contributed by atoms with Crippen LogP contribution in [0.25, 0.3) is 0 Å². The zero-order valence-electron chi connectivity index (χ0n) is 11.0. The fraction of sp³-hybridized carbons (Fsp3) is 1.00. The van der Waals surface area contributed by atoms with Gasteiger partial charge in [0.2, 0.25) is 0 Å². The quantitative estimate of drug-likeness (QED) is 0.619. The van der Waals surface area contributed by atoms with Gasteiger partial charge in [0, 0.05) is 11.6 Å². The van der Waals surface area contributed by atoms with Gasteiger partial charge in [-0.3, -0.25) is 0 Å². The van der Waals surface area contributed by atoms with E-state index < -0.39 is 0 Å². The molecule has 0 saturated heterocycles. The molecule has 0 amide bonds. The van der Waals surface area contributed by atoms with Gasteiger partial charge in [-0.05, 0) is 26.2 Å². The Morgan fingerprint density at radius 2 is 1.87 bits per heavy atom. The van der Waals surface area contributed by atoms with E-state index in [9.17, 15) is 5.11 Å². The molecule has 0 aromatic heterocycles. The maximum atomic E-state index is 9.42. The maximum absolute atomic E-state index is 9.42. The zero-order valence-corrected chi connectivity index (χ0v) is 11.0. The van der Waals surface area contributed by atoms with Crippen molar-refractivity contribution in [3.63, 3.8) is 0 Å². The van der Waals surface area contributed by atoms with Crippen LogP contribution in [0.15, 0.2) is 0 Å². The Hall–Kier alpha value is -0.0800. The summed E-state index contributed by atoms with van der Waals surface area (Å²) in [6.07, 6.45) is 7.08. The third-order valence-electron chi connectivity index (χ3n) is 3.10. The van der Waals surface area contributed by atoms with Gasteiger partial charge in [0.25, 0.3) is 0 Å². The Kier molecular flexibility index (Phi) is 8.07. The molecule has 2 unspecified atom stereocenters. The lowest BCUT2D eigenvalue weighted by atomic mass is 9.94. The minimum absolute atomic E-state index is 0.0802. The van der Waals surface area contributed by atoms with E-state index >= 15 is 0 Å². The Bertz CT molecular complexity index is 149. The first-order chi connectivity index (χ1) is 7.11. The predicted octanol–water partition coefficient (Wildman–Crippen LogP) is 3.10. The summed E-state index contributed by atoms with van der Waals surface area (Å²) in [6.45, 7) is 8.98. The number of nitrogens with one attached hydrogen (secondary N) is 1. The standard InChI is InChI=1S/C13H29NO/c1-5-8-9-12(7-3)14-13(4,11-15)10-6-2/h12,14-15H,5-11H2,1-4H3. The van der Waals surface area contributed by atoms with Crippen molar-refractivity contribution < 1.29 is 5.11 Å². The normalized spacial score (nSPS) is 17.4. The van der Waals surface area contributed by atoms with E-state index in [1.54, 1.807) is 0 Å². The van der Waals surface area contributed by atoms with Gasteiger partial charge in [-0.25, -0.2) is 0 Å². The highest BCUT2D eigenvalue weighted by molar-refractivity contribution is 4.85. The lowest BCUT2D eigenvalue weighted by molar-refractivity contribution is 0.147. The van der Waals surface area contributed by atoms with E-state index in [1.165, 1.54) is 19.3 Å². The van der Waals surface area contributed by atoms with Crippen LogP contribution in [-0.2, 0) is 0 Å². The van der Waals surface area contributed by atoms with Crippen LogP contribution in [0.4, 0.5) is 0 Å². The lowest BCUT2D eigenvalue weighted by Gasteiger charge is -2.33. The summed E-state index contributed by atoms with van der Waals surface area (Å²) in [5, 5.41) is 13.0. The van der Waals surface area contributed by atoms with E-state index in [1.807, 2.05) is 0 Å². The van der Waals surface area contributed by atoms with Gasteiger partial charge in [0.05, 0.1) is 6.61 Å². The van der Waals surface area contributed by atoms with Crippen molar-refractivity contribution in [1.82, 2.24) is 5.32 Å². The van der Waals surface area contributed by atoms with Crippen LogP contribution in [0.1, 0.15) is 66.2 Å². The first-order valence-electron chi connectivity index (χ1n) is 6.50. The zero-order chi connectivity index (χ0) is 11.7. The molecule has 0 aromatic rings. The number of hydrogen-bond donors (Lipinski definition) is 2. The lowest BCUT2D eigenvalue weighted by Crippen LogP contribution is -2.50. The molecule has 0 spiro atoms. The highest BCUT2D eigenvalue weighted by Gasteiger charge is 2.24. The number of rotatable bonds is 9. The monoisotopic (exact) mass is 215 g/mol. The summed E-state index contributed by atoms with van der Waals surface area (Å²) in [5.41, 5.74) is -0.0802. The second kappa shape index (κ2) is 8.12. The van der Waals surface area contributed by atoms with Gasteiger partial charge in [0.15, 0.2) is 0 Å². The predicted molar refractivity (Wildman–Crippen MR) is 67.1 cm³/mol. The van der Waals surface area contributed by atoms with E-state index in [0.29, 0.717) is 6.04 Å². The van der Waals surface area contributed by atoms with Crippen LogP contribution in [0.3, 0.4) is 0 Å². The van der Waals surface area contributed by atoms with E-state index in [2.05, 4.69) is 33.0 Å². The Morgan fingerprint density at radius 1 is 1.20 bits per heavy atom. The number of aliphatic hydroxyl groups is 1. The molecule has 0 saturated carbocycles. The molecule has 2 nitrogen and oxygen atoms in total. The molecule has 0 fully saturated rings. The van der Waals surface area contributed by atoms with Gasteiger partial charge in [0.1, 0.15) is 0 Å². The van der Waals surface area contributed by atoms with Crippen molar-refractivity contribution in [1.29, 1.82) is 0 Å². The minimum atomic E-state index is -0.0802. The van der Waals surface area contributed by atoms with Crippen molar-refractivity contribution in [3.8, 4) is 0 Å². The molecule has 0 aliphatic heterocycles. The third kappa shape index (κ3) is 6.16. The molecule has 0 aliphatic rings. The van der Waals surface area contributed by atoms with Crippen LogP contribution in [0.2, 0.25) is 0 Å². The molecule has 92 valence electrons. The molecule has 15 heavy (non-hydrogen) atoms. The smallest absolute Gasteiger partial charge is 0.0610 e. The average Bonchev–Trinajstić information content (AvgIpc) is 2.24. The van der Waals surface area contributed by atoms with Crippen LogP contribution in [-0.4, -0.2) is 23.3 Å². The largest absolute Gasteiger partial charge is 0.394 e. The molecular formula is C13H29NO. The molecule has 2 heteroatoms. The van der Waals surface area contributed by atoms with Gasteiger partial charge in [-0.2, -0.15) is 0 Å². The SMILES string of the molecule is CCCCC(CC)NC(C)(CO)CCC. The maximum Gasteiger partial charge on any atom is 0.0610 e. The molecule has 0 heterocycles. The van der Waals surface area contributed by atoms with E-state index in [4.69, 9.17) is 0 Å². The molecule has 0 aromatic carbocycles. The van der Waals surface area contributed by atoms with Crippen LogP contribution in [0, 0.1) is 0 Å². The van der Waals surface area contributed by atoms with Crippen LogP contribution in [0.5, 0.6) is 0 Å². The molecule has 0 aliphatic carbocycles. The fourth-order valence-corrected chi connectivity index (χ4v) is 2.07. The Balaban J connectivity index is 4.09. The Morgan fingerprint density at radius 3 is 2.27 bits per heavy atom. The topological polar surface area (TPSA) is 32.3 Å². The first kappa shape index (κ1) is 14.9.